The molecule has 0 radical (unpaired) electrons. The Labute approximate surface area is 288 Å². The topological polar surface area (TPSA) is 251 Å². The molecule has 16 heteroatoms. The van der Waals surface area contributed by atoms with E-state index in [1.54, 1.807) is 24.3 Å². The van der Waals surface area contributed by atoms with Gasteiger partial charge in [0.25, 0.3) is 5.84 Å². The number of guanidine groups is 1. The first-order valence-electron chi connectivity index (χ1n) is 16.2. The minimum absolute atomic E-state index is 0.0256. The van der Waals surface area contributed by atoms with Crippen molar-refractivity contribution in [2.75, 3.05) is 19.9 Å². The van der Waals surface area contributed by atoms with Gasteiger partial charge in [0.2, 0.25) is 12.2 Å². The quantitative estimate of drug-likeness (QED) is 0.129. The van der Waals surface area contributed by atoms with Crippen molar-refractivity contribution in [3.63, 3.8) is 0 Å². The van der Waals surface area contributed by atoms with Crippen molar-refractivity contribution >= 4 is 40.7 Å². The van der Waals surface area contributed by atoms with E-state index >= 15 is 0 Å². The number of quaternary nitrogens is 1. The van der Waals surface area contributed by atoms with Crippen LogP contribution in [0.4, 0.5) is 5.69 Å². The van der Waals surface area contributed by atoms with Crippen molar-refractivity contribution in [3.05, 3.63) is 87.5 Å². The SMILES string of the molecule is N=C1N=C([O-])C2=NC[NH+](c3ccccc3C3CCOC[C@H]4O[C@H](Oc5c3cc3c(c5O)C(=O)c5cc(CO)ccc5C3=O)[C@@H](O)[C@H](O)[C@H]4O)C2=N1. The maximum atomic E-state index is 14.1. The number of ketones is 2. The van der Waals surface area contributed by atoms with Gasteiger partial charge in [-0.2, -0.15) is 4.99 Å². The van der Waals surface area contributed by atoms with E-state index in [1.165, 1.54) is 24.3 Å². The third kappa shape index (κ3) is 5.27. The lowest BCUT2D eigenvalue weighted by atomic mass is 9.78. The molecule has 0 aromatic heterocycles. The van der Waals surface area contributed by atoms with Crippen LogP contribution in [0.3, 0.4) is 0 Å². The molecule has 3 aromatic carbocycles. The largest absolute Gasteiger partial charge is 0.857 e. The number of hydrogen-bond acceptors (Lipinski definition) is 13. The number of nitrogens with zero attached hydrogens (tertiary/aromatic N) is 3. The average Bonchev–Trinajstić information content (AvgIpc) is 3.54. The molecule has 1 aliphatic carbocycles. The van der Waals surface area contributed by atoms with Crippen LogP contribution in [0.5, 0.6) is 11.5 Å². The molecular weight excluding hydrogens is 666 g/mol. The summed E-state index contributed by atoms with van der Waals surface area (Å²) in [6, 6.07) is 12.9. The van der Waals surface area contributed by atoms with E-state index in [-0.39, 0.29) is 71.4 Å². The number of carbonyl (C=O) groups excluding carboxylic acids is 2. The maximum absolute atomic E-state index is 14.1. The summed E-state index contributed by atoms with van der Waals surface area (Å²) in [6.07, 6.45) is -7.68. The van der Waals surface area contributed by atoms with Gasteiger partial charge in [0.05, 0.1) is 18.8 Å². The van der Waals surface area contributed by atoms with Crippen molar-refractivity contribution in [3.8, 4) is 11.5 Å². The molecule has 1 saturated heterocycles. The van der Waals surface area contributed by atoms with Crippen molar-refractivity contribution in [2.45, 2.75) is 49.7 Å². The second kappa shape index (κ2) is 12.5. The molecule has 16 nitrogen and oxygen atoms in total. The Hall–Kier alpha value is -5.20. The lowest BCUT2D eigenvalue weighted by Gasteiger charge is -2.40. The number of ether oxygens (including phenoxy) is 3. The standard InChI is InChI=1S/C35H31N5O11/c36-35-38-32-24(33(48)39-35)37-13-40(32)21-4-2-1-3-16(21)15-7-8-49-12-22-27(44)29(46)30(47)34(50-22)51-31-19(15)10-20-23(28(31)45)26(43)18-9-14(11-41)5-6-17(18)25(20)42/h1-6,9-10,15,22,27,29-30,34,41,44-47H,7-8,11-13H2,(H2,36,39,48)/t15?,22-,27+,29-,30+,34-/m1/s1. The summed E-state index contributed by atoms with van der Waals surface area (Å²) in [5.41, 5.74) is 1.38. The maximum Gasteiger partial charge on any atom is 0.262 e. The number of hydrogen-bond donors (Lipinski definition) is 7. The van der Waals surface area contributed by atoms with Gasteiger partial charge >= 0.3 is 0 Å². The number of nitrogens with one attached hydrogen (secondary N) is 2. The minimum atomic E-state index is -1.80. The number of para-hydroxylation sites is 1. The summed E-state index contributed by atoms with van der Waals surface area (Å²) in [5, 5.41) is 74.6. The number of aliphatic hydroxyl groups excluding tert-OH is 4. The van der Waals surface area contributed by atoms with E-state index in [1.807, 2.05) is 0 Å². The number of aliphatic imine (C=N–C) groups is 3. The van der Waals surface area contributed by atoms with Gasteiger partial charge in [-0.1, -0.05) is 24.3 Å². The number of rotatable bonds is 3. The zero-order chi connectivity index (χ0) is 35.7. The highest BCUT2D eigenvalue weighted by atomic mass is 16.7. The van der Waals surface area contributed by atoms with Crippen molar-refractivity contribution in [1.82, 2.24) is 0 Å². The summed E-state index contributed by atoms with van der Waals surface area (Å²) in [5.74, 6) is -4.00. The fraction of sp³-hybridized carbons (Fsp3) is 0.314. The monoisotopic (exact) mass is 697 g/mol. The van der Waals surface area contributed by atoms with Gasteiger partial charge in [0, 0.05) is 46.2 Å². The molecular formula is C35H31N5O11. The number of phenolic OH excluding ortho intramolecular Hbond substituents is 1. The number of phenols is 1. The Morgan fingerprint density at radius 2 is 1.75 bits per heavy atom. The molecule has 2 bridgehead atoms. The number of benzene rings is 3. The third-order valence-electron chi connectivity index (χ3n) is 9.82. The summed E-state index contributed by atoms with van der Waals surface area (Å²) in [7, 11) is 0. The third-order valence-corrected chi connectivity index (χ3v) is 9.82. The molecule has 4 aliphatic heterocycles. The van der Waals surface area contributed by atoms with E-state index in [0.717, 1.165) is 0 Å². The Balaban J connectivity index is 1.33. The van der Waals surface area contributed by atoms with Crippen LogP contribution in [0.15, 0.2) is 63.5 Å². The van der Waals surface area contributed by atoms with E-state index in [0.29, 0.717) is 21.7 Å². The second-order valence-corrected chi connectivity index (χ2v) is 12.7. The zero-order valence-electron chi connectivity index (χ0n) is 26.6. The first kappa shape index (κ1) is 33.0. The fourth-order valence-corrected chi connectivity index (χ4v) is 7.27. The lowest BCUT2D eigenvalue weighted by Crippen LogP contribution is -3.09. The zero-order valence-corrected chi connectivity index (χ0v) is 26.6. The first-order valence-corrected chi connectivity index (χ1v) is 16.2. The predicted octanol–water partition coefficient (Wildman–Crippen LogP) is -1.57. The highest BCUT2D eigenvalue weighted by Gasteiger charge is 2.47. The van der Waals surface area contributed by atoms with Gasteiger partial charge in [-0.05, 0) is 36.2 Å². The number of carbonyl (C=O) groups is 2. The predicted molar refractivity (Wildman–Crippen MR) is 174 cm³/mol. The van der Waals surface area contributed by atoms with Crippen LogP contribution in [0, 0.1) is 5.41 Å². The van der Waals surface area contributed by atoms with E-state index in [4.69, 9.17) is 19.6 Å². The van der Waals surface area contributed by atoms with Gasteiger partial charge in [-0.3, -0.25) is 15.0 Å². The minimum Gasteiger partial charge on any atom is -0.857 e. The number of aromatic hydroxyl groups is 1. The molecule has 8 rings (SSSR count). The van der Waals surface area contributed by atoms with Crippen LogP contribution >= 0.6 is 0 Å². The van der Waals surface area contributed by atoms with Gasteiger partial charge in [0.15, 0.2) is 35.4 Å². The van der Waals surface area contributed by atoms with E-state index in [9.17, 15) is 40.2 Å². The highest BCUT2D eigenvalue weighted by molar-refractivity contribution is 6.66. The summed E-state index contributed by atoms with van der Waals surface area (Å²) in [6.45, 7) is -0.498. The molecule has 51 heavy (non-hydrogen) atoms. The molecule has 7 N–H and O–H groups in total. The number of fused-ring (bicyclic) bond motifs is 6. The average molecular weight is 698 g/mol. The Morgan fingerprint density at radius 1 is 0.941 bits per heavy atom. The van der Waals surface area contributed by atoms with Crippen LogP contribution in [-0.2, 0) is 16.1 Å². The molecule has 1 fully saturated rings. The Bertz CT molecular complexity index is 2110. The molecule has 3 aromatic rings. The van der Waals surface area contributed by atoms with Crippen LogP contribution in [0.2, 0.25) is 0 Å². The summed E-state index contributed by atoms with van der Waals surface area (Å²) in [4.78, 5) is 40.7. The van der Waals surface area contributed by atoms with Crippen LogP contribution < -0.4 is 14.7 Å². The molecule has 4 heterocycles. The molecule has 5 aliphatic rings. The Morgan fingerprint density at radius 3 is 2.55 bits per heavy atom. The van der Waals surface area contributed by atoms with E-state index < -0.39 is 72.4 Å². The summed E-state index contributed by atoms with van der Waals surface area (Å²) < 4.78 is 17.9. The molecule has 262 valence electrons. The molecule has 2 unspecified atom stereocenters. The normalized spacial score (nSPS) is 28.6. The lowest BCUT2D eigenvalue weighted by molar-refractivity contribution is -0.723. The smallest absolute Gasteiger partial charge is 0.262 e. The van der Waals surface area contributed by atoms with E-state index in [2.05, 4.69) is 15.0 Å². The van der Waals surface area contributed by atoms with Gasteiger partial charge in [-0.15, -0.1) is 0 Å². The van der Waals surface area contributed by atoms with Crippen molar-refractivity contribution in [1.29, 1.82) is 5.41 Å². The van der Waals surface area contributed by atoms with Crippen LogP contribution in [-0.4, -0.2) is 111 Å². The Kier molecular flexibility index (Phi) is 8.10. The molecule has 7 atom stereocenters. The van der Waals surface area contributed by atoms with Crippen LogP contribution in [0.25, 0.3) is 0 Å². The van der Waals surface area contributed by atoms with Gasteiger partial charge < -0.3 is 44.8 Å². The first-order chi connectivity index (χ1) is 24.6. The second-order valence-electron chi connectivity index (χ2n) is 12.7. The van der Waals surface area contributed by atoms with Crippen LogP contribution in [0.1, 0.15) is 60.9 Å². The van der Waals surface area contributed by atoms with Gasteiger partial charge in [-0.25, -0.2) is 14.9 Å². The number of amidine groups is 1. The van der Waals surface area contributed by atoms with Crippen molar-refractivity contribution in [2.24, 2.45) is 15.0 Å². The summed E-state index contributed by atoms with van der Waals surface area (Å²) >= 11 is 0. The number of aliphatic hydroxyl groups is 4. The fourth-order valence-electron chi connectivity index (χ4n) is 7.27. The van der Waals surface area contributed by atoms with Crippen molar-refractivity contribution < 1.29 is 59.3 Å². The van der Waals surface area contributed by atoms with Gasteiger partial charge in [0.1, 0.15) is 30.1 Å². The molecule has 0 amide bonds. The highest BCUT2D eigenvalue weighted by Crippen LogP contribution is 2.48. The molecule has 0 spiro atoms. The molecule has 0 saturated carbocycles.